The number of carbonyl (C=O) groups is 1. The second-order valence-electron chi connectivity index (χ2n) is 5.11. The van der Waals surface area contributed by atoms with E-state index in [2.05, 4.69) is 10.2 Å². The predicted molar refractivity (Wildman–Crippen MR) is 75.3 cm³/mol. The number of furan rings is 1. The fourth-order valence-electron chi connectivity index (χ4n) is 2.31. The van der Waals surface area contributed by atoms with Crippen LogP contribution >= 0.6 is 0 Å². The Morgan fingerprint density at radius 1 is 1.60 bits per heavy atom. The van der Waals surface area contributed by atoms with Crippen molar-refractivity contribution in [3.05, 3.63) is 24.2 Å². The molecule has 112 valence electrons. The van der Waals surface area contributed by atoms with E-state index in [0.29, 0.717) is 19.7 Å². The van der Waals surface area contributed by atoms with Gasteiger partial charge >= 0.3 is 0 Å². The summed E-state index contributed by atoms with van der Waals surface area (Å²) in [7, 11) is 3.71. The van der Waals surface area contributed by atoms with E-state index in [9.17, 15) is 4.79 Å². The van der Waals surface area contributed by atoms with Crippen LogP contribution in [0.2, 0.25) is 0 Å². The molecule has 0 bridgehead atoms. The summed E-state index contributed by atoms with van der Waals surface area (Å²) in [6, 6.07) is 3.71. The molecule has 1 N–H and O–H groups in total. The van der Waals surface area contributed by atoms with Gasteiger partial charge in [0.2, 0.25) is 5.91 Å². The molecule has 1 amide bonds. The lowest BCUT2D eigenvalue weighted by Gasteiger charge is -2.33. The molecule has 6 heteroatoms. The van der Waals surface area contributed by atoms with Crippen molar-refractivity contribution in [1.29, 1.82) is 0 Å². The molecule has 1 saturated heterocycles. The predicted octanol–water partition coefficient (Wildman–Crippen LogP) is 0.158. The average Bonchev–Trinajstić information content (AvgIpc) is 2.92. The number of rotatable bonds is 6. The van der Waals surface area contributed by atoms with Crippen molar-refractivity contribution in [2.45, 2.75) is 12.6 Å². The minimum Gasteiger partial charge on any atom is -0.467 e. The molecule has 0 saturated carbocycles. The molecule has 0 aliphatic carbocycles. The second-order valence-corrected chi connectivity index (χ2v) is 5.11. The molecular formula is C14H23N3O3. The summed E-state index contributed by atoms with van der Waals surface area (Å²) in [5.41, 5.74) is 0. The Labute approximate surface area is 119 Å². The lowest BCUT2D eigenvalue weighted by molar-refractivity contribution is -0.133. The fraction of sp³-hybridized carbons (Fsp3) is 0.643. The molecule has 0 spiro atoms. The average molecular weight is 281 g/mol. The minimum absolute atomic E-state index is 0.103. The zero-order valence-electron chi connectivity index (χ0n) is 12.2. The number of nitrogens with zero attached hydrogens (tertiary/aromatic N) is 2. The van der Waals surface area contributed by atoms with Crippen molar-refractivity contribution < 1.29 is 13.9 Å². The van der Waals surface area contributed by atoms with Crippen LogP contribution < -0.4 is 5.32 Å². The molecule has 1 aliphatic rings. The van der Waals surface area contributed by atoms with Gasteiger partial charge in [-0.15, -0.1) is 0 Å². The number of amides is 1. The van der Waals surface area contributed by atoms with E-state index in [-0.39, 0.29) is 12.0 Å². The topological polar surface area (TPSA) is 58.0 Å². The van der Waals surface area contributed by atoms with Crippen LogP contribution in [-0.4, -0.2) is 68.7 Å². The minimum atomic E-state index is 0.103. The zero-order valence-corrected chi connectivity index (χ0v) is 12.2. The summed E-state index contributed by atoms with van der Waals surface area (Å²) in [4.78, 5) is 16.0. The summed E-state index contributed by atoms with van der Waals surface area (Å²) in [5.74, 6) is 0.905. The van der Waals surface area contributed by atoms with Gasteiger partial charge in [0, 0.05) is 26.7 Å². The highest BCUT2D eigenvalue weighted by Gasteiger charge is 2.22. The first kappa shape index (κ1) is 15.0. The summed E-state index contributed by atoms with van der Waals surface area (Å²) in [6.07, 6.45) is 1.79. The van der Waals surface area contributed by atoms with Crippen molar-refractivity contribution in [2.75, 3.05) is 46.9 Å². The van der Waals surface area contributed by atoms with E-state index in [1.54, 1.807) is 18.2 Å². The van der Waals surface area contributed by atoms with Crippen LogP contribution in [0.4, 0.5) is 0 Å². The van der Waals surface area contributed by atoms with Gasteiger partial charge in [0.25, 0.3) is 0 Å². The summed E-state index contributed by atoms with van der Waals surface area (Å²) in [6.45, 7) is 4.03. The Morgan fingerprint density at radius 2 is 2.45 bits per heavy atom. The molecule has 20 heavy (non-hydrogen) atoms. The summed E-state index contributed by atoms with van der Waals surface area (Å²) >= 11 is 0. The number of hydrogen-bond donors (Lipinski definition) is 1. The van der Waals surface area contributed by atoms with Crippen LogP contribution in [0, 0.1) is 0 Å². The molecule has 1 unspecified atom stereocenters. The van der Waals surface area contributed by atoms with Crippen LogP contribution in [-0.2, 0) is 16.1 Å². The van der Waals surface area contributed by atoms with E-state index >= 15 is 0 Å². The highest BCUT2D eigenvalue weighted by molar-refractivity contribution is 5.77. The summed E-state index contributed by atoms with van der Waals surface area (Å²) in [5, 5.41) is 3.10. The van der Waals surface area contributed by atoms with Gasteiger partial charge in [-0.25, -0.2) is 0 Å². The van der Waals surface area contributed by atoms with Crippen molar-refractivity contribution in [3.63, 3.8) is 0 Å². The number of likely N-dealkylation sites (N-methyl/N-ethyl adjacent to an activating group) is 2. The van der Waals surface area contributed by atoms with Crippen molar-refractivity contribution >= 4 is 5.91 Å². The van der Waals surface area contributed by atoms with Gasteiger partial charge in [-0.05, 0) is 19.2 Å². The van der Waals surface area contributed by atoms with Crippen LogP contribution in [0.1, 0.15) is 5.76 Å². The second kappa shape index (κ2) is 7.42. The number of nitrogens with one attached hydrogen (secondary N) is 1. The molecule has 1 atom stereocenters. The smallest absolute Gasteiger partial charge is 0.236 e. The van der Waals surface area contributed by atoms with Crippen molar-refractivity contribution in [2.24, 2.45) is 0 Å². The van der Waals surface area contributed by atoms with E-state index < -0.39 is 0 Å². The molecule has 6 nitrogen and oxygen atoms in total. The molecule has 0 aromatic carbocycles. The van der Waals surface area contributed by atoms with Crippen LogP contribution in [0.25, 0.3) is 0 Å². The van der Waals surface area contributed by atoms with E-state index in [1.165, 1.54) is 0 Å². The monoisotopic (exact) mass is 281 g/mol. The van der Waals surface area contributed by atoms with Gasteiger partial charge in [0.1, 0.15) is 5.76 Å². The summed E-state index contributed by atoms with van der Waals surface area (Å²) < 4.78 is 10.9. The molecule has 2 rings (SSSR count). The van der Waals surface area contributed by atoms with Gasteiger partial charge in [0.05, 0.1) is 32.1 Å². The molecule has 1 aliphatic heterocycles. The first-order valence-corrected chi connectivity index (χ1v) is 6.94. The maximum atomic E-state index is 12.2. The third-order valence-corrected chi connectivity index (χ3v) is 3.41. The Hall–Kier alpha value is -1.37. The lowest BCUT2D eigenvalue weighted by atomic mass is 10.2. The van der Waals surface area contributed by atoms with E-state index in [4.69, 9.17) is 9.15 Å². The molecule has 1 fully saturated rings. The standard InChI is InChI=1S/C14H23N3O3/c1-15-8-13-10-17(5-7-20-13)11-14(18)16(2)9-12-4-3-6-19-12/h3-4,6,13,15H,5,7-11H2,1-2H3. The van der Waals surface area contributed by atoms with Gasteiger partial charge < -0.3 is 19.4 Å². The molecule has 2 heterocycles. The lowest BCUT2D eigenvalue weighted by Crippen LogP contribution is -2.49. The third kappa shape index (κ3) is 4.33. The Balaban J connectivity index is 1.78. The van der Waals surface area contributed by atoms with Gasteiger partial charge in [-0.1, -0.05) is 0 Å². The van der Waals surface area contributed by atoms with Crippen LogP contribution in [0.3, 0.4) is 0 Å². The van der Waals surface area contributed by atoms with Crippen LogP contribution in [0.5, 0.6) is 0 Å². The Bertz CT molecular complexity index is 406. The van der Waals surface area contributed by atoms with E-state index in [0.717, 1.165) is 25.4 Å². The van der Waals surface area contributed by atoms with Crippen molar-refractivity contribution in [1.82, 2.24) is 15.1 Å². The molecule has 1 aromatic heterocycles. The number of carbonyl (C=O) groups excluding carboxylic acids is 1. The zero-order chi connectivity index (χ0) is 14.4. The largest absolute Gasteiger partial charge is 0.467 e. The quantitative estimate of drug-likeness (QED) is 0.805. The van der Waals surface area contributed by atoms with Gasteiger partial charge in [-0.2, -0.15) is 0 Å². The van der Waals surface area contributed by atoms with Crippen LogP contribution in [0.15, 0.2) is 22.8 Å². The maximum Gasteiger partial charge on any atom is 0.236 e. The molecule has 1 aromatic rings. The van der Waals surface area contributed by atoms with E-state index in [1.807, 2.05) is 19.2 Å². The Kier molecular flexibility index (Phi) is 5.58. The maximum absolute atomic E-state index is 12.2. The number of hydrogen-bond acceptors (Lipinski definition) is 5. The number of ether oxygens (including phenoxy) is 1. The highest BCUT2D eigenvalue weighted by Crippen LogP contribution is 2.07. The highest BCUT2D eigenvalue weighted by atomic mass is 16.5. The van der Waals surface area contributed by atoms with Crippen molar-refractivity contribution in [3.8, 4) is 0 Å². The van der Waals surface area contributed by atoms with Gasteiger partial charge in [-0.3, -0.25) is 9.69 Å². The van der Waals surface area contributed by atoms with Gasteiger partial charge in [0.15, 0.2) is 0 Å². The number of morpholine rings is 1. The first-order valence-electron chi connectivity index (χ1n) is 6.94. The first-order chi connectivity index (χ1) is 9.69. The molecular weight excluding hydrogens is 258 g/mol. The molecule has 0 radical (unpaired) electrons. The SMILES string of the molecule is CNCC1CN(CC(=O)N(C)Cc2ccco2)CCO1. The Morgan fingerprint density at radius 3 is 3.15 bits per heavy atom. The normalized spacial score (nSPS) is 20.0. The third-order valence-electron chi connectivity index (χ3n) is 3.41. The fourth-order valence-corrected chi connectivity index (χ4v) is 2.31.